The van der Waals surface area contributed by atoms with Crippen LogP contribution in [-0.4, -0.2) is 32.7 Å². The highest BCUT2D eigenvalue weighted by Gasteiger charge is 2.23. The lowest BCUT2D eigenvalue weighted by atomic mass is 9.99. The third-order valence-corrected chi connectivity index (χ3v) is 2.91. The maximum atomic E-state index is 13.2. The lowest BCUT2D eigenvalue weighted by molar-refractivity contribution is 0.0344. The maximum absolute atomic E-state index is 13.2. The Hall–Kier alpha value is -1.18. The molecule has 2 atom stereocenters. The molecular weight excluding hydrogens is 297 g/mol. The first kappa shape index (κ1) is 13.9. The van der Waals surface area contributed by atoms with Crippen molar-refractivity contribution in [1.29, 1.82) is 0 Å². The maximum Gasteiger partial charge on any atom is 0.337 e. The monoisotopic (exact) mass is 307 g/mol. The molecule has 5 N–H and O–H groups in total. The Morgan fingerprint density at radius 2 is 2.06 bits per heavy atom. The van der Waals surface area contributed by atoms with Gasteiger partial charge in [-0.3, -0.25) is 0 Å². The average molecular weight is 308 g/mol. The molecule has 0 spiro atoms. The van der Waals surface area contributed by atoms with Crippen LogP contribution in [0.2, 0.25) is 0 Å². The highest BCUT2D eigenvalue weighted by molar-refractivity contribution is 9.09. The summed E-state index contributed by atoms with van der Waals surface area (Å²) in [6.07, 6.45) is -2.66. The van der Waals surface area contributed by atoms with E-state index in [1.807, 2.05) is 0 Å². The summed E-state index contributed by atoms with van der Waals surface area (Å²) >= 11 is 2.94. The van der Waals surface area contributed by atoms with Crippen molar-refractivity contribution < 1.29 is 24.5 Å². The number of halogens is 2. The van der Waals surface area contributed by atoms with E-state index in [4.69, 9.17) is 10.8 Å². The third-order valence-electron chi connectivity index (χ3n) is 2.25. The van der Waals surface area contributed by atoms with E-state index in [-0.39, 0.29) is 16.6 Å². The van der Waals surface area contributed by atoms with Gasteiger partial charge in [0.05, 0.1) is 17.4 Å². The van der Waals surface area contributed by atoms with Crippen LogP contribution in [0.15, 0.2) is 12.1 Å². The second-order valence-electron chi connectivity index (χ2n) is 3.43. The zero-order valence-electron chi connectivity index (χ0n) is 8.60. The van der Waals surface area contributed by atoms with Gasteiger partial charge in [0.25, 0.3) is 0 Å². The number of nitrogen functional groups attached to an aromatic ring is 1. The third kappa shape index (κ3) is 2.93. The first-order chi connectivity index (χ1) is 7.88. The number of anilines is 1. The Morgan fingerprint density at radius 1 is 1.47 bits per heavy atom. The van der Waals surface area contributed by atoms with Crippen LogP contribution >= 0.6 is 15.9 Å². The smallest absolute Gasteiger partial charge is 0.337 e. The largest absolute Gasteiger partial charge is 0.478 e. The summed E-state index contributed by atoms with van der Waals surface area (Å²) in [6, 6.07) is 1.66. The molecule has 0 amide bonds. The number of alkyl halides is 1. The van der Waals surface area contributed by atoms with Crippen molar-refractivity contribution in [2.75, 3.05) is 11.1 Å². The molecule has 1 rings (SSSR count). The van der Waals surface area contributed by atoms with Gasteiger partial charge in [0.2, 0.25) is 0 Å². The molecule has 1 aromatic carbocycles. The predicted molar refractivity (Wildman–Crippen MR) is 62.5 cm³/mol. The summed E-state index contributed by atoms with van der Waals surface area (Å²) < 4.78 is 13.2. The van der Waals surface area contributed by atoms with Gasteiger partial charge in [-0.05, 0) is 12.1 Å². The van der Waals surface area contributed by atoms with E-state index in [0.717, 1.165) is 12.1 Å². The van der Waals surface area contributed by atoms with E-state index in [1.165, 1.54) is 0 Å². The fourth-order valence-corrected chi connectivity index (χ4v) is 1.71. The average Bonchev–Trinajstić information content (AvgIpc) is 2.29. The quantitative estimate of drug-likeness (QED) is 0.489. The molecule has 0 fully saturated rings. The van der Waals surface area contributed by atoms with E-state index >= 15 is 0 Å². The van der Waals surface area contributed by atoms with Crippen molar-refractivity contribution in [1.82, 2.24) is 0 Å². The molecule has 5 nitrogen and oxygen atoms in total. The number of benzene rings is 1. The topological polar surface area (TPSA) is 104 Å². The van der Waals surface area contributed by atoms with Crippen LogP contribution in [-0.2, 0) is 0 Å². The molecule has 7 heteroatoms. The highest BCUT2D eigenvalue weighted by Crippen LogP contribution is 2.28. The van der Waals surface area contributed by atoms with Crippen molar-refractivity contribution in [3.8, 4) is 0 Å². The minimum atomic E-state index is -1.46. The SMILES string of the molecule is Nc1c(C(=O)O)cc(F)cc1C(O)C(O)CBr. The van der Waals surface area contributed by atoms with Crippen molar-refractivity contribution in [2.24, 2.45) is 0 Å². The first-order valence-corrected chi connectivity index (χ1v) is 5.75. The van der Waals surface area contributed by atoms with Crippen molar-refractivity contribution in [2.45, 2.75) is 12.2 Å². The molecule has 0 saturated carbocycles. The Morgan fingerprint density at radius 3 is 2.53 bits per heavy atom. The summed E-state index contributed by atoms with van der Waals surface area (Å²) in [5.41, 5.74) is 4.67. The van der Waals surface area contributed by atoms with E-state index in [1.54, 1.807) is 0 Å². The molecule has 0 aliphatic carbocycles. The summed E-state index contributed by atoms with van der Waals surface area (Å²) in [5.74, 6) is -2.24. The lowest BCUT2D eigenvalue weighted by Crippen LogP contribution is -2.21. The van der Waals surface area contributed by atoms with Crippen LogP contribution in [0.3, 0.4) is 0 Å². The standard InChI is InChI=1S/C10H11BrFNO4/c11-3-7(14)9(15)5-1-4(12)2-6(8(5)13)10(16)17/h1-2,7,9,14-15H,3,13H2,(H,16,17). The number of hydrogen-bond acceptors (Lipinski definition) is 4. The van der Waals surface area contributed by atoms with Crippen molar-refractivity contribution >= 4 is 27.6 Å². The highest BCUT2D eigenvalue weighted by atomic mass is 79.9. The van der Waals surface area contributed by atoms with Crippen LogP contribution < -0.4 is 5.73 Å². The Labute approximate surface area is 105 Å². The molecular formula is C10H11BrFNO4. The van der Waals surface area contributed by atoms with Gasteiger partial charge in [-0.25, -0.2) is 9.18 Å². The second-order valence-corrected chi connectivity index (χ2v) is 4.08. The van der Waals surface area contributed by atoms with E-state index in [2.05, 4.69) is 15.9 Å². The zero-order chi connectivity index (χ0) is 13.2. The lowest BCUT2D eigenvalue weighted by Gasteiger charge is -2.18. The number of aliphatic hydroxyl groups is 2. The van der Waals surface area contributed by atoms with Gasteiger partial charge in [-0.2, -0.15) is 0 Å². The summed E-state index contributed by atoms with van der Waals surface area (Å²) in [6.45, 7) is 0. The number of aliphatic hydroxyl groups excluding tert-OH is 2. The van der Waals surface area contributed by atoms with Gasteiger partial charge in [-0.1, -0.05) is 15.9 Å². The van der Waals surface area contributed by atoms with Crippen molar-refractivity contribution in [3.63, 3.8) is 0 Å². The normalized spacial score (nSPS) is 14.4. The fourth-order valence-electron chi connectivity index (χ4n) is 1.35. The van der Waals surface area contributed by atoms with Gasteiger partial charge in [0, 0.05) is 10.9 Å². The van der Waals surface area contributed by atoms with Gasteiger partial charge in [0.1, 0.15) is 11.9 Å². The van der Waals surface area contributed by atoms with E-state index in [0.29, 0.717) is 0 Å². The number of hydrogen-bond donors (Lipinski definition) is 4. The van der Waals surface area contributed by atoms with Gasteiger partial charge in [-0.15, -0.1) is 0 Å². The Kier molecular flexibility index (Phi) is 4.44. The predicted octanol–water partition coefficient (Wildman–Crippen LogP) is 0.895. The van der Waals surface area contributed by atoms with Crippen LogP contribution in [0.4, 0.5) is 10.1 Å². The number of rotatable bonds is 4. The van der Waals surface area contributed by atoms with Gasteiger partial charge >= 0.3 is 5.97 Å². The number of carbonyl (C=O) groups is 1. The number of aromatic carboxylic acids is 1. The molecule has 0 aliphatic rings. The summed E-state index contributed by atoms with van der Waals surface area (Å²) in [4.78, 5) is 10.8. The van der Waals surface area contributed by atoms with E-state index in [9.17, 15) is 19.4 Å². The molecule has 0 radical (unpaired) electrons. The molecule has 1 aromatic rings. The second kappa shape index (κ2) is 5.44. The Balaban J connectivity index is 3.29. The number of nitrogens with two attached hydrogens (primary N) is 1. The van der Waals surface area contributed by atoms with Gasteiger partial charge < -0.3 is 21.1 Å². The fraction of sp³-hybridized carbons (Fsp3) is 0.300. The van der Waals surface area contributed by atoms with Crippen LogP contribution in [0.5, 0.6) is 0 Å². The molecule has 0 saturated heterocycles. The molecule has 0 heterocycles. The molecule has 0 bridgehead atoms. The van der Waals surface area contributed by atoms with Crippen molar-refractivity contribution in [3.05, 3.63) is 29.1 Å². The zero-order valence-corrected chi connectivity index (χ0v) is 10.2. The molecule has 0 aromatic heterocycles. The van der Waals surface area contributed by atoms with Crippen LogP contribution in [0.1, 0.15) is 22.0 Å². The Bertz CT molecular complexity index is 441. The first-order valence-electron chi connectivity index (χ1n) is 4.62. The molecule has 17 heavy (non-hydrogen) atoms. The minimum Gasteiger partial charge on any atom is -0.478 e. The number of carboxylic acids is 1. The van der Waals surface area contributed by atoms with Crippen LogP contribution in [0, 0.1) is 5.82 Å². The van der Waals surface area contributed by atoms with Crippen LogP contribution in [0.25, 0.3) is 0 Å². The van der Waals surface area contributed by atoms with Gasteiger partial charge in [0.15, 0.2) is 0 Å². The van der Waals surface area contributed by atoms with E-state index < -0.39 is 29.6 Å². The molecule has 0 aliphatic heterocycles. The summed E-state index contributed by atoms with van der Waals surface area (Å²) in [5, 5.41) is 27.9. The minimum absolute atomic E-state index is 0.0481. The molecule has 2 unspecified atom stereocenters. The summed E-state index contributed by atoms with van der Waals surface area (Å²) in [7, 11) is 0. The number of carboxylic acid groups (broad SMARTS) is 1. The molecule has 94 valence electrons.